The van der Waals surface area contributed by atoms with E-state index >= 15 is 0 Å². The molecule has 0 saturated carbocycles. The fourth-order valence-corrected chi connectivity index (χ4v) is 3.77. The van der Waals surface area contributed by atoms with Crippen LogP contribution < -0.4 is 15.0 Å². The van der Waals surface area contributed by atoms with Crippen LogP contribution in [0.3, 0.4) is 0 Å². The fraction of sp³-hybridized carbons (Fsp3) is 0.333. The normalized spacial score (nSPS) is 23.8. The van der Waals surface area contributed by atoms with E-state index in [2.05, 4.69) is 16.9 Å². The number of nitrogens with one attached hydrogen (secondary N) is 2. The average Bonchev–Trinajstić information content (AvgIpc) is 3.39. The highest BCUT2D eigenvalue weighted by Crippen LogP contribution is 2.38. The fourth-order valence-electron chi connectivity index (χ4n) is 3.77. The summed E-state index contributed by atoms with van der Waals surface area (Å²) in [6.45, 7) is 5.70. The number of hydrogen-bond donors (Lipinski definition) is 2. The summed E-state index contributed by atoms with van der Waals surface area (Å²) < 4.78 is 5.74. The van der Waals surface area contributed by atoms with E-state index in [1.54, 1.807) is 17.2 Å². The number of aromatic nitrogens is 1. The summed E-state index contributed by atoms with van der Waals surface area (Å²) in [6, 6.07) is 1.77. The van der Waals surface area contributed by atoms with Gasteiger partial charge in [0.05, 0.1) is 5.70 Å². The summed E-state index contributed by atoms with van der Waals surface area (Å²) in [6.07, 6.45) is 7.40. The van der Waals surface area contributed by atoms with Crippen LogP contribution in [0, 0.1) is 0 Å². The maximum atomic E-state index is 12.6. The Labute approximate surface area is 150 Å². The number of carbonyl (C=O) groups is 2. The number of hydrogen-bond acceptors (Lipinski definition) is 5. The number of carbonyl (C=O) groups excluding carboxylic acids is 2. The van der Waals surface area contributed by atoms with Crippen molar-refractivity contribution in [1.29, 1.82) is 0 Å². The molecule has 1 aromatic heterocycles. The van der Waals surface area contributed by atoms with Crippen molar-refractivity contribution < 1.29 is 14.3 Å². The molecule has 134 valence electrons. The standard InChI is InChI=1S/C18H19N5O3/c1-11-17(24)22-7-4-12(8-15(22)19-11)23-10-26-14-9-13(20-16(14)23)18(25)21-5-2-3-6-21/h4,7-9,15,19-20H,1-3,5-6,10H2. The number of allylic oxidation sites excluding steroid dienone is 1. The molecule has 0 aromatic carbocycles. The molecule has 8 nitrogen and oxygen atoms in total. The Bertz CT molecular complexity index is 877. The molecular formula is C18H19N5O3. The van der Waals surface area contributed by atoms with Crippen molar-refractivity contribution in [3.63, 3.8) is 0 Å². The predicted molar refractivity (Wildman–Crippen MR) is 94.0 cm³/mol. The molecule has 26 heavy (non-hydrogen) atoms. The van der Waals surface area contributed by atoms with E-state index in [1.807, 2.05) is 22.0 Å². The van der Waals surface area contributed by atoms with E-state index in [9.17, 15) is 9.59 Å². The lowest BCUT2D eigenvalue weighted by Crippen LogP contribution is -2.36. The summed E-state index contributed by atoms with van der Waals surface area (Å²) in [5, 5.41) is 3.06. The molecule has 0 aliphatic carbocycles. The third-order valence-electron chi connectivity index (χ3n) is 5.17. The minimum atomic E-state index is -0.250. The Balaban J connectivity index is 1.40. The number of H-pyrrole nitrogens is 1. The molecule has 2 N–H and O–H groups in total. The third kappa shape index (κ3) is 2.15. The Morgan fingerprint density at radius 1 is 1.31 bits per heavy atom. The molecule has 2 fully saturated rings. The molecular weight excluding hydrogens is 334 g/mol. The van der Waals surface area contributed by atoms with E-state index in [4.69, 9.17) is 4.74 Å². The molecule has 2 amide bonds. The summed E-state index contributed by atoms with van der Waals surface area (Å²) in [7, 11) is 0. The lowest BCUT2D eigenvalue weighted by molar-refractivity contribution is -0.123. The topological polar surface area (TPSA) is 80.9 Å². The Kier molecular flexibility index (Phi) is 3.15. The minimum Gasteiger partial charge on any atom is -0.469 e. The number of ether oxygens (including phenoxy) is 1. The maximum absolute atomic E-state index is 12.6. The largest absolute Gasteiger partial charge is 0.469 e. The van der Waals surface area contributed by atoms with Crippen LogP contribution in [0.15, 0.2) is 42.4 Å². The highest BCUT2D eigenvalue weighted by molar-refractivity contribution is 5.96. The highest BCUT2D eigenvalue weighted by Gasteiger charge is 2.35. The first-order chi connectivity index (χ1) is 12.6. The van der Waals surface area contributed by atoms with Gasteiger partial charge in [-0.25, -0.2) is 0 Å². The van der Waals surface area contributed by atoms with Gasteiger partial charge >= 0.3 is 0 Å². The van der Waals surface area contributed by atoms with Crippen LogP contribution in [0.5, 0.6) is 5.75 Å². The molecule has 5 rings (SSSR count). The monoisotopic (exact) mass is 353 g/mol. The number of likely N-dealkylation sites (tertiary alicyclic amines) is 1. The first kappa shape index (κ1) is 15.1. The Morgan fingerprint density at radius 3 is 2.92 bits per heavy atom. The third-order valence-corrected chi connectivity index (χ3v) is 5.17. The van der Waals surface area contributed by atoms with Crippen molar-refractivity contribution in [2.45, 2.75) is 19.0 Å². The van der Waals surface area contributed by atoms with Gasteiger partial charge < -0.3 is 19.9 Å². The van der Waals surface area contributed by atoms with Gasteiger partial charge in [0.25, 0.3) is 11.8 Å². The predicted octanol–water partition coefficient (Wildman–Crippen LogP) is 1.09. The first-order valence-electron chi connectivity index (χ1n) is 8.72. The average molecular weight is 353 g/mol. The summed E-state index contributed by atoms with van der Waals surface area (Å²) in [5.74, 6) is 1.32. The molecule has 0 spiro atoms. The first-order valence-corrected chi connectivity index (χ1v) is 8.72. The smallest absolute Gasteiger partial charge is 0.275 e. The zero-order valence-corrected chi connectivity index (χ0v) is 14.2. The molecule has 1 unspecified atom stereocenters. The van der Waals surface area contributed by atoms with Gasteiger partial charge in [-0.15, -0.1) is 0 Å². The van der Waals surface area contributed by atoms with Crippen molar-refractivity contribution in [2.24, 2.45) is 0 Å². The summed E-state index contributed by atoms with van der Waals surface area (Å²) in [4.78, 5) is 33.2. The molecule has 5 heterocycles. The van der Waals surface area contributed by atoms with E-state index in [-0.39, 0.29) is 18.0 Å². The zero-order chi connectivity index (χ0) is 17.8. The van der Waals surface area contributed by atoms with Gasteiger partial charge in [-0.1, -0.05) is 6.58 Å². The SMILES string of the molecule is C=C1NC2C=C(N3COc4cc(C(=O)N5CCCC5)[nH]c43)C=CN2C1=O. The van der Waals surface area contributed by atoms with Crippen LogP contribution in [0.2, 0.25) is 0 Å². The van der Waals surface area contributed by atoms with Gasteiger partial charge in [-0.3, -0.25) is 19.4 Å². The quantitative estimate of drug-likeness (QED) is 0.778. The van der Waals surface area contributed by atoms with Crippen LogP contribution in [-0.4, -0.2) is 52.6 Å². The van der Waals surface area contributed by atoms with Crippen molar-refractivity contribution in [3.05, 3.63) is 48.1 Å². The van der Waals surface area contributed by atoms with Crippen molar-refractivity contribution in [3.8, 4) is 5.75 Å². The van der Waals surface area contributed by atoms with E-state index in [0.717, 1.165) is 37.4 Å². The number of anilines is 1. The van der Waals surface area contributed by atoms with E-state index < -0.39 is 0 Å². The Hall–Kier alpha value is -3.16. The number of aromatic amines is 1. The van der Waals surface area contributed by atoms with Crippen molar-refractivity contribution in [2.75, 3.05) is 24.7 Å². The number of rotatable bonds is 2. The summed E-state index contributed by atoms with van der Waals surface area (Å²) >= 11 is 0. The van der Waals surface area contributed by atoms with Gasteiger partial charge in [0.1, 0.15) is 11.9 Å². The van der Waals surface area contributed by atoms with Crippen LogP contribution in [0.25, 0.3) is 0 Å². The van der Waals surface area contributed by atoms with Gasteiger partial charge in [0.15, 0.2) is 18.3 Å². The van der Waals surface area contributed by atoms with Crippen LogP contribution >= 0.6 is 0 Å². The van der Waals surface area contributed by atoms with Crippen molar-refractivity contribution >= 4 is 17.6 Å². The number of fused-ring (bicyclic) bond motifs is 2. The van der Waals surface area contributed by atoms with Gasteiger partial charge in [0, 0.05) is 31.1 Å². The van der Waals surface area contributed by atoms with Crippen LogP contribution in [0.1, 0.15) is 23.3 Å². The second-order valence-corrected chi connectivity index (χ2v) is 6.78. The van der Waals surface area contributed by atoms with Crippen molar-refractivity contribution in [1.82, 2.24) is 20.1 Å². The van der Waals surface area contributed by atoms with Gasteiger partial charge in [-0.2, -0.15) is 0 Å². The van der Waals surface area contributed by atoms with Crippen LogP contribution in [-0.2, 0) is 4.79 Å². The second-order valence-electron chi connectivity index (χ2n) is 6.78. The zero-order valence-electron chi connectivity index (χ0n) is 14.2. The maximum Gasteiger partial charge on any atom is 0.275 e. The van der Waals surface area contributed by atoms with Gasteiger partial charge in [0.2, 0.25) is 0 Å². The molecule has 1 aromatic rings. The minimum absolute atomic E-state index is 0.0131. The molecule has 8 heteroatoms. The molecule has 2 saturated heterocycles. The summed E-state index contributed by atoms with van der Waals surface area (Å²) in [5.41, 5.74) is 1.82. The lowest BCUT2D eigenvalue weighted by atomic mass is 10.2. The van der Waals surface area contributed by atoms with E-state index in [0.29, 0.717) is 23.9 Å². The lowest BCUT2D eigenvalue weighted by Gasteiger charge is -2.26. The molecule has 4 aliphatic heterocycles. The molecule has 0 bridgehead atoms. The van der Waals surface area contributed by atoms with Gasteiger partial charge in [-0.05, 0) is 25.0 Å². The Morgan fingerprint density at radius 2 is 2.12 bits per heavy atom. The van der Waals surface area contributed by atoms with Crippen LogP contribution in [0.4, 0.5) is 5.82 Å². The molecule has 4 aliphatic rings. The highest BCUT2D eigenvalue weighted by atomic mass is 16.5. The van der Waals surface area contributed by atoms with E-state index in [1.165, 1.54) is 0 Å². The molecule has 0 radical (unpaired) electrons. The number of amides is 2. The second kappa shape index (κ2) is 5.42. The number of nitrogens with zero attached hydrogens (tertiary/aromatic N) is 3. The molecule has 1 atom stereocenters.